The minimum Gasteiger partial charge on any atom is -0.497 e. The highest BCUT2D eigenvalue weighted by Crippen LogP contribution is 2.25. The highest BCUT2D eigenvalue weighted by Gasteiger charge is 2.09. The van der Waals surface area contributed by atoms with Crippen LogP contribution in [0, 0.1) is 0 Å². The highest BCUT2D eigenvalue weighted by molar-refractivity contribution is 7.13. The Kier molecular flexibility index (Phi) is 6.72. The molecule has 0 saturated heterocycles. The maximum absolute atomic E-state index is 12.3. The van der Waals surface area contributed by atoms with Crippen LogP contribution in [0.2, 0.25) is 0 Å². The largest absolute Gasteiger partial charge is 0.497 e. The van der Waals surface area contributed by atoms with Crippen LogP contribution in [0.25, 0.3) is 21.8 Å². The van der Waals surface area contributed by atoms with Crippen LogP contribution in [0.1, 0.15) is 5.69 Å². The fraction of sp³-hybridized carbons (Fsp3) is 0.167. The predicted octanol–water partition coefficient (Wildman–Crippen LogP) is 3.40. The van der Waals surface area contributed by atoms with Gasteiger partial charge in [-0.15, -0.1) is 11.3 Å². The van der Waals surface area contributed by atoms with Gasteiger partial charge in [-0.1, -0.05) is 30.3 Å². The van der Waals surface area contributed by atoms with E-state index in [2.05, 4.69) is 15.4 Å². The number of amides is 1. The zero-order valence-electron chi connectivity index (χ0n) is 17.5. The summed E-state index contributed by atoms with van der Waals surface area (Å²) in [5.41, 5.74) is 3.14. The van der Waals surface area contributed by atoms with Crippen molar-refractivity contribution in [1.29, 1.82) is 0 Å². The zero-order chi connectivity index (χ0) is 22.3. The highest BCUT2D eigenvalue weighted by atomic mass is 32.1. The van der Waals surface area contributed by atoms with Crippen LogP contribution < -0.4 is 15.6 Å². The average Bonchev–Trinajstić information content (AvgIpc) is 3.30. The summed E-state index contributed by atoms with van der Waals surface area (Å²) in [4.78, 5) is 29.1. The first-order chi connectivity index (χ1) is 15.6. The Morgan fingerprint density at radius 1 is 1.03 bits per heavy atom. The van der Waals surface area contributed by atoms with Crippen molar-refractivity contribution in [1.82, 2.24) is 20.1 Å². The fourth-order valence-electron chi connectivity index (χ4n) is 3.13. The molecular weight excluding hydrogens is 424 g/mol. The van der Waals surface area contributed by atoms with E-state index in [0.29, 0.717) is 18.7 Å². The van der Waals surface area contributed by atoms with Gasteiger partial charge in [-0.3, -0.25) is 9.59 Å². The first-order valence-corrected chi connectivity index (χ1v) is 11.0. The summed E-state index contributed by atoms with van der Waals surface area (Å²) in [5.74, 6) is 0.534. The van der Waals surface area contributed by atoms with Crippen molar-refractivity contribution in [3.63, 3.8) is 0 Å². The molecule has 0 atom stereocenters. The number of ether oxygens (including phenoxy) is 1. The third-order valence-corrected chi connectivity index (χ3v) is 5.76. The number of aromatic nitrogens is 3. The van der Waals surface area contributed by atoms with E-state index >= 15 is 0 Å². The van der Waals surface area contributed by atoms with Crippen molar-refractivity contribution in [2.45, 2.75) is 13.0 Å². The number of hydrogen-bond donors (Lipinski definition) is 1. The van der Waals surface area contributed by atoms with Crippen LogP contribution in [0.4, 0.5) is 0 Å². The van der Waals surface area contributed by atoms with Gasteiger partial charge in [0.2, 0.25) is 5.91 Å². The van der Waals surface area contributed by atoms with E-state index in [0.717, 1.165) is 27.6 Å². The molecule has 0 unspecified atom stereocenters. The van der Waals surface area contributed by atoms with Crippen LogP contribution in [0.3, 0.4) is 0 Å². The standard InChI is InChI=1S/C24H22N4O3S/c1-31-20-9-7-18(8-10-20)24-26-19(16-32-24)13-14-25-22(29)15-28-23(30)12-11-21(27-28)17-5-3-2-4-6-17/h2-12,16H,13-15H2,1H3,(H,25,29). The summed E-state index contributed by atoms with van der Waals surface area (Å²) in [6.45, 7) is 0.297. The topological polar surface area (TPSA) is 86.1 Å². The third-order valence-electron chi connectivity index (χ3n) is 4.82. The summed E-state index contributed by atoms with van der Waals surface area (Å²) >= 11 is 1.56. The van der Waals surface area contributed by atoms with Gasteiger partial charge in [-0.25, -0.2) is 9.67 Å². The van der Waals surface area contributed by atoms with Gasteiger partial charge in [0.25, 0.3) is 5.56 Å². The second-order valence-corrected chi connectivity index (χ2v) is 7.91. The van der Waals surface area contributed by atoms with Gasteiger partial charge in [0, 0.05) is 35.5 Å². The van der Waals surface area contributed by atoms with Gasteiger partial charge in [-0.05, 0) is 30.3 Å². The van der Waals surface area contributed by atoms with E-state index in [9.17, 15) is 9.59 Å². The van der Waals surface area contributed by atoms with E-state index in [1.165, 1.54) is 10.7 Å². The molecule has 2 aromatic carbocycles. The van der Waals surface area contributed by atoms with E-state index < -0.39 is 0 Å². The third kappa shape index (κ3) is 5.28. The maximum Gasteiger partial charge on any atom is 0.267 e. The molecule has 0 fully saturated rings. The number of methoxy groups -OCH3 is 1. The fourth-order valence-corrected chi connectivity index (χ4v) is 4.00. The molecule has 0 aliphatic rings. The number of rotatable bonds is 8. The van der Waals surface area contributed by atoms with Gasteiger partial charge in [0.1, 0.15) is 17.3 Å². The van der Waals surface area contributed by atoms with E-state index in [-0.39, 0.29) is 18.0 Å². The molecule has 7 nitrogen and oxygen atoms in total. The van der Waals surface area contributed by atoms with Crippen molar-refractivity contribution in [3.05, 3.63) is 88.2 Å². The first-order valence-electron chi connectivity index (χ1n) is 10.1. The number of nitrogens with one attached hydrogen (secondary N) is 1. The lowest BCUT2D eigenvalue weighted by atomic mass is 10.1. The molecule has 1 N–H and O–H groups in total. The van der Waals surface area contributed by atoms with Gasteiger partial charge in [0.15, 0.2) is 0 Å². The van der Waals surface area contributed by atoms with Crippen molar-refractivity contribution >= 4 is 17.2 Å². The molecule has 2 heterocycles. The Labute approximate surface area is 189 Å². The second-order valence-electron chi connectivity index (χ2n) is 7.05. The quantitative estimate of drug-likeness (QED) is 0.448. The Balaban J connectivity index is 1.32. The van der Waals surface area contributed by atoms with Crippen LogP contribution >= 0.6 is 11.3 Å². The minimum absolute atomic E-state index is 0.131. The Morgan fingerprint density at radius 2 is 1.81 bits per heavy atom. The molecule has 1 amide bonds. The normalized spacial score (nSPS) is 10.7. The Hall–Kier alpha value is -3.78. The van der Waals surface area contributed by atoms with Crippen molar-refractivity contribution < 1.29 is 9.53 Å². The summed E-state index contributed by atoms with van der Waals surface area (Å²) in [5, 5.41) is 10.1. The second kappa shape index (κ2) is 10.0. The number of benzene rings is 2. The van der Waals surface area contributed by atoms with Crippen LogP contribution in [0.5, 0.6) is 5.75 Å². The molecule has 162 valence electrons. The van der Waals surface area contributed by atoms with Gasteiger partial charge in [0.05, 0.1) is 18.5 Å². The van der Waals surface area contributed by atoms with E-state index in [4.69, 9.17) is 4.74 Å². The lowest BCUT2D eigenvalue weighted by Gasteiger charge is -2.08. The van der Waals surface area contributed by atoms with Crippen molar-refractivity contribution in [3.8, 4) is 27.6 Å². The average molecular weight is 447 g/mol. The minimum atomic E-state index is -0.316. The van der Waals surface area contributed by atoms with Gasteiger partial charge < -0.3 is 10.1 Å². The van der Waals surface area contributed by atoms with Crippen LogP contribution in [0.15, 0.2) is 76.9 Å². The first kappa shape index (κ1) is 21.5. The Bertz CT molecular complexity index is 1250. The molecule has 0 saturated carbocycles. The molecule has 4 aromatic rings. The monoisotopic (exact) mass is 446 g/mol. The summed E-state index contributed by atoms with van der Waals surface area (Å²) in [7, 11) is 1.64. The molecule has 2 aromatic heterocycles. The summed E-state index contributed by atoms with van der Waals surface area (Å²) < 4.78 is 6.36. The zero-order valence-corrected chi connectivity index (χ0v) is 18.3. The maximum atomic E-state index is 12.3. The Morgan fingerprint density at radius 3 is 2.56 bits per heavy atom. The number of carbonyl (C=O) groups is 1. The SMILES string of the molecule is COc1ccc(-c2nc(CCNC(=O)Cn3nc(-c4ccccc4)ccc3=O)cs2)cc1. The number of hydrogen-bond acceptors (Lipinski definition) is 6. The summed E-state index contributed by atoms with van der Waals surface area (Å²) in [6.07, 6.45) is 0.602. The lowest BCUT2D eigenvalue weighted by molar-refractivity contribution is -0.121. The van der Waals surface area contributed by atoms with Gasteiger partial charge >= 0.3 is 0 Å². The molecule has 0 aliphatic carbocycles. The number of thiazole rings is 1. The number of nitrogens with zero attached hydrogens (tertiary/aromatic N) is 3. The smallest absolute Gasteiger partial charge is 0.267 e. The molecule has 0 radical (unpaired) electrons. The van der Waals surface area contributed by atoms with Crippen LogP contribution in [-0.2, 0) is 17.8 Å². The van der Waals surface area contributed by atoms with E-state index in [1.54, 1.807) is 24.5 Å². The van der Waals surface area contributed by atoms with Gasteiger partial charge in [-0.2, -0.15) is 5.10 Å². The molecule has 0 bridgehead atoms. The van der Waals surface area contributed by atoms with Crippen LogP contribution in [-0.4, -0.2) is 34.3 Å². The molecule has 8 heteroatoms. The summed E-state index contributed by atoms with van der Waals surface area (Å²) in [6, 6.07) is 20.4. The molecule has 0 aliphatic heterocycles. The molecule has 32 heavy (non-hydrogen) atoms. The molecule has 4 rings (SSSR count). The van der Waals surface area contributed by atoms with Crippen molar-refractivity contribution in [2.24, 2.45) is 0 Å². The molecular formula is C24H22N4O3S. The number of carbonyl (C=O) groups excluding carboxylic acids is 1. The lowest BCUT2D eigenvalue weighted by Crippen LogP contribution is -2.34. The van der Waals surface area contributed by atoms with Crippen molar-refractivity contribution in [2.75, 3.05) is 13.7 Å². The molecule has 0 spiro atoms. The predicted molar refractivity (Wildman–Crippen MR) is 125 cm³/mol. The van der Waals surface area contributed by atoms with E-state index in [1.807, 2.05) is 60.0 Å².